The molecule has 188 valence electrons. The predicted octanol–water partition coefficient (Wildman–Crippen LogP) is 5.03. The summed E-state index contributed by atoms with van der Waals surface area (Å²) in [4.78, 5) is 18.9. The van der Waals surface area contributed by atoms with Gasteiger partial charge in [-0.1, -0.05) is 0 Å². The summed E-state index contributed by atoms with van der Waals surface area (Å²) in [5, 5.41) is 5.25. The Labute approximate surface area is 182 Å². The maximum Gasteiger partial charge on any atom is 0.460 e. The van der Waals surface area contributed by atoms with Gasteiger partial charge in [0, 0.05) is 11.0 Å². The highest BCUT2D eigenvalue weighted by atomic mass is 32.2. The molecule has 0 radical (unpaired) electrons. The smallest absolute Gasteiger partial charge is 0.458 e. The third-order valence-corrected chi connectivity index (χ3v) is 5.67. The largest absolute Gasteiger partial charge is 0.460 e. The van der Waals surface area contributed by atoms with Crippen molar-refractivity contribution in [1.29, 1.82) is 0 Å². The summed E-state index contributed by atoms with van der Waals surface area (Å²) in [6, 6.07) is 0.787. The molecular weight excluding hydrogens is 535 g/mol. The number of ether oxygens (including phenoxy) is 1. The molecule has 0 heterocycles. The SMILES string of the molecule is O=C(CS(=O)c1ccc(SC(F)(F)C(F)(F)C(F)(F)F)cc1[N+](=O)[O-])OCC(F)(F)C(F)F. The average molecular weight is 543 g/mol. The minimum absolute atomic E-state index is 0.0640. The molecular formula is C14H8F11NO5S2. The van der Waals surface area contributed by atoms with Crippen LogP contribution in [-0.4, -0.2) is 57.2 Å². The first-order valence-electron chi connectivity index (χ1n) is 7.72. The van der Waals surface area contributed by atoms with Crippen molar-refractivity contribution < 1.29 is 67.0 Å². The Kier molecular flexibility index (Phi) is 8.72. The zero-order chi connectivity index (χ0) is 26.0. The molecule has 19 heteroatoms. The summed E-state index contributed by atoms with van der Waals surface area (Å²) in [6.45, 7) is -2.12. The van der Waals surface area contributed by atoms with E-state index in [1.54, 1.807) is 0 Å². The fraction of sp³-hybridized carbons (Fsp3) is 0.500. The molecule has 1 atom stereocenters. The maximum atomic E-state index is 13.5. The second-order valence-corrected chi connectivity index (χ2v) is 8.40. The number of alkyl halides is 11. The van der Waals surface area contributed by atoms with E-state index in [4.69, 9.17) is 0 Å². The van der Waals surface area contributed by atoms with Crippen molar-refractivity contribution in [3.8, 4) is 0 Å². The van der Waals surface area contributed by atoms with Crippen molar-refractivity contribution >= 4 is 34.2 Å². The Morgan fingerprint density at radius 1 is 1.09 bits per heavy atom. The molecule has 0 aliphatic rings. The molecule has 0 saturated heterocycles. The number of benzene rings is 1. The second kappa shape index (κ2) is 9.98. The number of carbonyl (C=O) groups excluding carboxylic acids is 1. The quantitative estimate of drug-likeness (QED) is 0.135. The standard InChI is InChI=1S/C14H8F11NO5S2/c15-10(16)11(17,18)5-31-9(27)4-33(30)8-2-1-6(3-7(8)26(28)29)32-14(24,25)12(19,20)13(21,22)23/h1-3,10H,4-5H2. The molecule has 0 spiro atoms. The number of rotatable bonds is 10. The zero-order valence-corrected chi connectivity index (χ0v) is 16.8. The Morgan fingerprint density at radius 3 is 2.09 bits per heavy atom. The molecule has 0 N–H and O–H groups in total. The highest BCUT2D eigenvalue weighted by Crippen LogP contribution is 2.54. The maximum absolute atomic E-state index is 13.5. The molecule has 33 heavy (non-hydrogen) atoms. The summed E-state index contributed by atoms with van der Waals surface area (Å²) in [5.41, 5.74) is -1.37. The molecule has 1 aromatic rings. The highest BCUT2D eigenvalue weighted by Gasteiger charge is 2.73. The number of thioether (sulfide) groups is 1. The van der Waals surface area contributed by atoms with Crippen molar-refractivity contribution in [2.45, 2.75) is 39.5 Å². The van der Waals surface area contributed by atoms with Gasteiger partial charge in [0.1, 0.15) is 10.6 Å². The van der Waals surface area contributed by atoms with Gasteiger partial charge in [0.15, 0.2) is 6.61 Å². The van der Waals surface area contributed by atoms with Gasteiger partial charge in [-0.25, -0.2) is 8.78 Å². The van der Waals surface area contributed by atoms with Crippen LogP contribution in [0.5, 0.6) is 0 Å². The van der Waals surface area contributed by atoms with Crippen LogP contribution in [0.4, 0.5) is 54.0 Å². The molecule has 0 aliphatic carbocycles. The first-order chi connectivity index (χ1) is 14.7. The van der Waals surface area contributed by atoms with Crippen LogP contribution < -0.4 is 0 Å². The van der Waals surface area contributed by atoms with E-state index >= 15 is 0 Å². The van der Waals surface area contributed by atoms with Gasteiger partial charge < -0.3 is 4.74 Å². The number of nitro benzene ring substituents is 1. The fourth-order valence-electron chi connectivity index (χ4n) is 1.74. The lowest BCUT2D eigenvalue weighted by atomic mass is 10.3. The molecule has 0 aromatic heterocycles. The van der Waals surface area contributed by atoms with Crippen LogP contribution in [0.15, 0.2) is 28.0 Å². The van der Waals surface area contributed by atoms with Crippen molar-refractivity contribution in [3.05, 3.63) is 28.3 Å². The zero-order valence-electron chi connectivity index (χ0n) is 15.2. The minimum atomic E-state index is -6.67. The van der Waals surface area contributed by atoms with Gasteiger partial charge in [-0.2, -0.15) is 39.5 Å². The second-order valence-electron chi connectivity index (χ2n) is 5.79. The highest BCUT2D eigenvalue weighted by molar-refractivity contribution is 8.00. The fourth-order valence-corrected chi connectivity index (χ4v) is 3.63. The van der Waals surface area contributed by atoms with Gasteiger partial charge in [-0.05, 0) is 23.9 Å². The molecule has 1 unspecified atom stereocenters. The van der Waals surface area contributed by atoms with E-state index < -0.39 is 91.0 Å². The Morgan fingerprint density at radius 2 is 1.64 bits per heavy atom. The Balaban J connectivity index is 3.09. The molecule has 6 nitrogen and oxygen atoms in total. The summed E-state index contributed by atoms with van der Waals surface area (Å²) < 4.78 is 155. The average Bonchev–Trinajstić information content (AvgIpc) is 2.64. The van der Waals surface area contributed by atoms with Crippen molar-refractivity contribution in [1.82, 2.24) is 0 Å². The predicted molar refractivity (Wildman–Crippen MR) is 88.1 cm³/mol. The van der Waals surface area contributed by atoms with Crippen LogP contribution in [0, 0.1) is 10.1 Å². The minimum Gasteiger partial charge on any atom is -0.458 e. The van der Waals surface area contributed by atoms with E-state index in [0.29, 0.717) is 12.1 Å². The lowest BCUT2D eigenvalue weighted by molar-refractivity contribution is -0.388. The number of esters is 1. The third-order valence-electron chi connectivity index (χ3n) is 3.33. The van der Waals surface area contributed by atoms with Gasteiger partial charge in [0.25, 0.3) is 5.69 Å². The summed E-state index contributed by atoms with van der Waals surface area (Å²) in [5.74, 6) is -14.5. The number of halogens is 11. The molecule has 0 amide bonds. The van der Waals surface area contributed by atoms with Crippen LogP contribution in [0.2, 0.25) is 0 Å². The van der Waals surface area contributed by atoms with Crippen LogP contribution in [0.3, 0.4) is 0 Å². The van der Waals surface area contributed by atoms with Crippen LogP contribution >= 0.6 is 11.8 Å². The molecule has 0 bridgehead atoms. The molecule has 0 fully saturated rings. The lowest BCUT2D eigenvalue weighted by Crippen LogP contribution is -2.49. The van der Waals surface area contributed by atoms with E-state index in [1.807, 2.05) is 0 Å². The van der Waals surface area contributed by atoms with E-state index in [2.05, 4.69) is 4.74 Å². The van der Waals surface area contributed by atoms with Gasteiger partial charge in [-0.15, -0.1) is 0 Å². The Bertz CT molecular complexity index is 923. The number of nitrogens with zero attached hydrogens (tertiary/aromatic N) is 1. The van der Waals surface area contributed by atoms with Crippen LogP contribution in [0.25, 0.3) is 0 Å². The first kappa shape index (κ1) is 28.9. The summed E-state index contributed by atoms with van der Waals surface area (Å²) in [7, 11) is -2.82. The van der Waals surface area contributed by atoms with Crippen LogP contribution in [0.1, 0.15) is 0 Å². The number of carbonyl (C=O) groups is 1. The lowest BCUT2D eigenvalue weighted by Gasteiger charge is -2.27. The van der Waals surface area contributed by atoms with Crippen molar-refractivity contribution in [3.63, 3.8) is 0 Å². The van der Waals surface area contributed by atoms with Crippen LogP contribution in [-0.2, 0) is 20.3 Å². The molecule has 0 aliphatic heterocycles. The normalized spacial score (nSPS) is 14.3. The number of nitro groups is 1. The van der Waals surface area contributed by atoms with E-state index in [-0.39, 0.29) is 6.07 Å². The van der Waals surface area contributed by atoms with E-state index in [1.165, 1.54) is 0 Å². The van der Waals surface area contributed by atoms with Gasteiger partial charge >= 0.3 is 35.7 Å². The molecule has 1 aromatic carbocycles. The first-order valence-corrected chi connectivity index (χ1v) is 9.86. The summed E-state index contributed by atoms with van der Waals surface area (Å²) in [6.07, 6.45) is -10.9. The Hall–Kier alpha value is -2.18. The van der Waals surface area contributed by atoms with E-state index in [0.717, 1.165) is 0 Å². The van der Waals surface area contributed by atoms with Crippen molar-refractivity contribution in [2.75, 3.05) is 12.4 Å². The topological polar surface area (TPSA) is 86.5 Å². The number of hydrogen-bond donors (Lipinski definition) is 0. The van der Waals surface area contributed by atoms with Gasteiger partial charge in [0.05, 0.1) is 15.7 Å². The monoisotopic (exact) mass is 543 g/mol. The third kappa shape index (κ3) is 6.90. The molecule has 1 rings (SSSR count). The number of hydrogen-bond acceptors (Lipinski definition) is 6. The van der Waals surface area contributed by atoms with Gasteiger partial charge in [0.2, 0.25) is 0 Å². The molecule has 0 saturated carbocycles. The van der Waals surface area contributed by atoms with Gasteiger partial charge in [-0.3, -0.25) is 19.1 Å². The van der Waals surface area contributed by atoms with Crippen molar-refractivity contribution in [2.24, 2.45) is 0 Å². The summed E-state index contributed by atoms with van der Waals surface area (Å²) >= 11 is -1.39. The van der Waals surface area contributed by atoms with E-state index in [9.17, 15) is 67.4 Å².